The summed E-state index contributed by atoms with van der Waals surface area (Å²) in [5.74, 6) is -0.587. The van der Waals surface area contributed by atoms with Gasteiger partial charge in [0.2, 0.25) is 0 Å². The number of aromatic nitrogens is 1. The SMILES string of the molecule is Cc1c(-c2cc(C(F)(F)F)cc(C(F)(F)F)c2)nc2cccc(F)c2c1N1CC(C)(C)c2ccc(I)cc21. The first kappa shape index (κ1) is 26.7. The normalized spacial score (nSPS) is 15.3. The van der Waals surface area contributed by atoms with Gasteiger partial charge in [-0.25, -0.2) is 9.37 Å². The highest BCUT2D eigenvalue weighted by atomic mass is 127. The van der Waals surface area contributed by atoms with Crippen molar-refractivity contribution in [1.82, 2.24) is 4.98 Å². The van der Waals surface area contributed by atoms with Crippen molar-refractivity contribution in [2.45, 2.75) is 38.5 Å². The number of rotatable bonds is 2. The number of hydrogen-bond acceptors (Lipinski definition) is 2. The molecule has 198 valence electrons. The molecule has 3 aromatic carbocycles. The molecule has 0 unspecified atom stereocenters. The minimum atomic E-state index is -5.01. The number of alkyl halides is 6. The molecule has 0 bridgehead atoms. The summed E-state index contributed by atoms with van der Waals surface area (Å²) in [6.45, 7) is 6.02. The quantitative estimate of drug-likeness (QED) is 0.160. The van der Waals surface area contributed by atoms with Crippen LogP contribution in [0.5, 0.6) is 0 Å². The fraction of sp³-hybridized carbons (Fsp3) is 0.250. The molecule has 0 spiro atoms. The van der Waals surface area contributed by atoms with Crippen molar-refractivity contribution in [2.75, 3.05) is 11.4 Å². The number of fused-ring (bicyclic) bond motifs is 2. The van der Waals surface area contributed by atoms with E-state index in [2.05, 4.69) is 27.6 Å². The van der Waals surface area contributed by atoms with Crippen molar-refractivity contribution in [1.29, 1.82) is 0 Å². The molecular formula is C28H20F7IN2. The van der Waals surface area contributed by atoms with Crippen molar-refractivity contribution in [3.63, 3.8) is 0 Å². The number of nitrogens with zero attached hydrogens (tertiary/aromatic N) is 2. The van der Waals surface area contributed by atoms with Crippen LogP contribution in [0.1, 0.15) is 36.1 Å². The predicted molar refractivity (Wildman–Crippen MR) is 141 cm³/mol. The molecule has 0 saturated carbocycles. The Morgan fingerprint density at radius 2 is 1.53 bits per heavy atom. The molecule has 0 N–H and O–H groups in total. The molecule has 5 rings (SSSR count). The summed E-state index contributed by atoms with van der Waals surface area (Å²) in [7, 11) is 0. The van der Waals surface area contributed by atoms with Crippen molar-refractivity contribution in [2.24, 2.45) is 0 Å². The van der Waals surface area contributed by atoms with E-state index in [1.54, 1.807) is 6.92 Å². The van der Waals surface area contributed by atoms with Gasteiger partial charge < -0.3 is 4.90 Å². The molecule has 0 fully saturated rings. The first-order valence-electron chi connectivity index (χ1n) is 11.5. The summed E-state index contributed by atoms with van der Waals surface area (Å²) in [6, 6.07) is 11.4. The van der Waals surface area contributed by atoms with Gasteiger partial charge in [0.1, 0.15) is 5.82 Å². The molecule has 4 aromatic rings. The molecular weight excluding hydrogens is 624 g/mol. The van der Waals surface area contributed by atoms with Crippen LogP contribution in [0, 0.1) is 16.3 Å². The Labute approximate surface area is 227 Å². The Morgan fingerprint density at radius 3 is 2.13 bits per heavy atom. The third-order valence-electron chi connectivity index (χ3n) is 6.84. The van der Waals surface area contributed by atoms with Crippen molar-refractivity contribution in [3.05, 3.63) is 86.2 Å². The zero-order valence-electron chi connectivity index (χ0n) is 20.3. The van der Waals surface area contributed by atoms with Gasteiger partial charge in [-0.05, 0) is 83.1 Å². The number of anilines is 2. The molecule has 0 saturated heterocycles. The lowest BCUT2D eigenvalue weighted by molar-refractivity contribution is -0.143. The summed E-state index contributed by atoms with van der Waals surface area (Å²) in [6.07, 6.45) is -10.0. The van der Waals surface area contributed by atoms with E-state index >= 15 is 4.39 Å². The average molecular weight is 644 g/mol. The topological polar surface area (TPSA) is 16.1 Å². The summed E-state index contributed by atoms with van der Waals surface area (Å²) >= 11 is 2.16. The second kappa shape index (κ2) is 8.82. The highest BCUT2D eigenvalue weighted by Gasteiger charge is 2.39. The molecule has 0 aliphatic carbocycles. The summed E-state index contributed by atoms with van der Waals surface area (Å²) in [5.41, 5.74) is -1.09. The van der Waals surface area contributed by atoms with Gasteiger partial charge in [0.05, 0.1) is 33.4 Å². The van der Waals surface area contributed by atoms with Crippen LogP contribution in [0.4, 0.5) is 42.1 Å². The Hall–Kier alpha value is -2.89. The zero-order valence-corrected chi connectivity index (χ0v) is 22.5. The lowest BCUT2D eigenvalue weighted by Gasteiger charge is -2.27. The minimum absolute atomic E-state index is 0.0772. The molecule has 0 amide bonds. The average Bonchev–Trinajstić information content (AvgIpc) is 3.07. The van der Waals surface area contributed by atoms with Crippen molar-refractivity contribution in [3.8, 4) is 11.3 Å². The van der Waals surface area contributed by atoms with Gasteiger partial charge in [-0.2, -0.15) is 26.3 Å². The maximum absolute atomic E-state index is 15.3. The molecule has 1 aliphatic rings. The fourth-order valence-corrected chi connectivity index (χ4v) is 5.59. The van der Waals surface area contributed by atoms with Gasteiger partial charge in [-0.1, -0.05) is 26.0 Å². The van der Waals surface area contributed by atoms with Crippen LogP contribution in [-0.4, -0.2) is 11.5 Å². The second-order valence-electron chi connectivity index (χ2n) is 9.99. The lowest BCUT2D eigenvalue weighted by Crippen LogP contribution is -2.26. The standard InChI is InChI=1S/C28H20F7IN2/c1-14-24(15-9-16(27(30,31)32)11-17(10-15)28(33,34)35)37-21-6-4-5-20(29)23(21)25(14)38-13-26(2,3)19-8-7-18(36)12-22(19)38/h4-12H,13H2,1-3H3. The summed E-state index contributed by atoms with van der Waals surface area (Å²) in [5, 5.41) is 0.152. The number of pyridine rings is 1. The first-order chi connectivity index (χ1) is 17.6. The van der Waals surface area contributed by atoms with Gasteiger partial charge in [0.15, 0.2) is 0 Å². The number of benzene rings is 3. The van der Waals surface area contributed by atoms with E-state index in [4.69, 9.17) is 0 Å². The second-order valence-corrected chi connectivity index (χ2v) is 11.2. The Kier molecular flexibility index (Phi) is 6.20. The number of hydrogen-bond donors (Lipinski definition) is 0. The lowest BCUT2D eigenvalue weighted by atomic mass is 9.87. The van der Waals surface area contributed by atoms with E-state index in [-0.39, 0.29) is 39.2 Å². The first-order valence-corrected chi connectivity index (χ1v) is 12.6. The molecule has 0 radical (unpaired) electrons. The monoisotopic (exact) mass is 644 g/mol. The van der Waals surface area contributed by atoms with E-state index in [1.165, 1.54) is 18.2 Å². The largest absolute Gasteiger partial charge is 0.416 e. The van der Waals surface area contributed by atoms with Crippen LogP contribution in [0.2, 0.25) is 0 Å². The van der Waals surface area contributed by atoms with Gasteiger partial charge >= 0.3 is 12.4 Å². The van der Waals surface area contributed by atoms with Crippen LogP contribution < -0.4 is 4.90 Å². The maximum atomic E-state index is 15.3. The smallest absolute Gasteiger partial charge is 0.339 e. The van der Waals surface area contributed by atoms with Crippen LogP contribution in [-0.2, 0) is 17.8 Å². The molecule has 2 nitrogen and oxygen atoms in total. The highest BCUT2D eigenvalue weighted by Crippen LogP contribution is 2.49. The molecule has 2 heterocycles. The number of halogens is 8. The third-order valence-corrected chi connectivity index (χ3v) is 7.51. The van der Waals surface area contributed by atoms with Crippen molar-refractivity contribution >= 4 is 44.9 Å². The predicted octanol–water partition coefficient (Wildman–Crippen LogP) is 9.42. The van der Waals surface area contributed by atoms with Crippen LogP contribution in [0.3, 0.4) is 0 Å². The molecule has 10 heteroatoms. The van der Waals surface area contributed by atoms with E-state index < -0.39 is 29.3 Å². The van der Waals surface area contributed by atoms with E-state index in [1.807, 2.05) is 36.9 Å². The van der Waals surface area contributed by atoms with E-state index in [0.29, 0.717) is 24.4 Å². The Bertz CT molecular complexity index is 1560. The van der Waals surface area contributed by atoms with Crippen molar-refractivity contribution < 1.29 is 30.7 Å². The Balaban J connectivity index is 1.85. The van der Waals surface area contributed by atoms with Gasteiger partial charge in [0.25, 0.3) is 0 Å². The molecule has 1 aliphatic heterocycles. The van der Waals surface area contributed by atoms with Gasteiger partial charge in [0, 0.05) is 26.8 Å². The summed E-state index contributed by atoms with van der Waals surface area (Å²) < 4.78 is 98.0. The zero-order chi connectivity index (χ0) is 27.8. The highest BCUT2D eigenvalue weighted by molar-refractivity contribution is 14.1. The van der Waals surface area contributed by atoms with Crippen LogP contribution in [0.15, 0.2) is 54.6 Å². The maximum Gasteiger partial charge on any atom is 0.416 e. The fourth-order valence-electron chi connectivity index (χ4n) is 5.12. The van der Waals surface area contributed by atoms with Gasteiger partial charge in [-0.15, -0.1) is 0 Å². The molecule has 0 atom stereocenters. The Morgan fingerprint density at radius 1 is 0.895 bits per heavy atom. The van der Waals surface area contributed by atoms with E-state index in [9.17, 15) is 26.3 Å². The summed E-state index contributed by atoms with van der Waals surface area (Å²) in [4.78, 5) is 6.28. The van der Waals surface area contributed by atoms with Gasteiger partial charge in [-0.3, -0.25) is 0 Å². The van der Waals surface area contributed by atoms with Crippen LogP contribution in [0.25, 0.3) is 22.2 Å². The third kappa shape index (κ3) is 4.50. The van der Waals surface area contributed by atoms with E-state index in [0.717, 1.165) is 14.8 Å². The molecule has 1 aromatic heterocycles. The minimum Gasteiger partial charge on any atom is -0.339 e. The molecule has 38 heavy (non-hydrogen) atoms. The van der Waals surface area contributed by atoms with Crippen LogP contribution >= 0.6 is 22.6 Å².